The van der Waals surface area contributed by atoms with E-state index in [4.69, 9.17) is 5.10 Å². The fraction of sp³-hybridized carbons (Fsp3) is 0.378. The first-order valence-corrected chi connectivity index (χ1v) is 15.6. The maximum Gasteiger partial charge on any atom is 0.324 e. The molecule has 4 aromatic rings. The standard InChI is InChI=1S/C37H45N5O2/c1-24-8-14-31(15-9-24)42-33(23-32(40-42)37(5,6)7)39-36(44)38-30-12-10-28(11-13-30)22-29-16-18-41(19-17-29)35(43)34-26(3)20-25(2)21-27(34)4/h8-15,20-21,23,29H,16-19,22H2,1-7H3,(H2,38,39,44). The zero-order chi connectivity index (χ0) is 31.6. The summed E-state index contributed by atoms with van der Waals surface area (Å²) in [6, 6.07) is 22.0. The minimum Gasteiger partial charge on any atom is -0.339 e. The third kappa shape index (κ3) is 7.21. The van der Waals surface area contributed by atoms with Crippen molar-refractivity contribution in [1.82, 2.24) is 14.7 Å². The quantitative estimate of drug-likeness (QED) is 0.238. The summed E-state index contributed by atoms with van der Waals surface area (Å²) in [6.07, 6.45) is 2.94. The number of benzene rings is 3. The first-order chi connectivity index (χ1) is 20.9. The molecule has 0 bridgehead atoms. The van der Waals surface area contributed by atoms with Crippen LogP contribution in [0, 0.1) is 33.6 Å². The molecule has 1 aliphatic heterocycles. The summed E-state index contributed by atoms with van der Waals surface area (Å²) in [5.41, 5.74) is 8.92. The predicted molar refractivity (Wildman–Crippen MR) is 179 cm³/mol. The highest BCUT2D eigenvalue weighted by atomic mass is 16.2. The van der Waals surface area contributed by atoms with Gasteiger partial charge in [-0.25, -0.2) is 9.48 Å². The summed E-state index contributed by atoms with van der Waals surface area (Å²) in [6.45, 7) is 16.1. The zero-order valence-corrected chi connectivity index (χ0v) is 27.1. The fourth-order valence-electron chi connectivity index (χ4n) is 6.07. The Hall–Kier alpha value is -4.39. The maximum atomic E-state index is 13.3. The van der Waals surface area contributed by atoms with Crippen molar-refractivity contribution < 1.29 is 9.59 Å². The van der Waals surface area contributed by atoms with E-state index in [0.29, 0.717) is 11.7 Å². The molecular formula is C37H45N5O2. The SMILES string of the molecule is Cc1ccc(-n2nc(C(C)(C)C)cc2NC(=O)Nc2ccc(CC3CCN(C(=O)c4c(C)cc(C)cc4C)CC3)cc2)cc1. The molecule has 0 atom stereocenters. The second kappa shape index (κ2) is 12.7. The molecule has 5 rings (SSSR count). The summed E-state index contributed by atoms with van der Waals surface area (Å²) in [7, 11) is 0. The molecule has 230 valence electrons. The van der Waals surface area contributed by atoms with Crippen molar-refractivity contribution in [2.45, 2.75) is 73.1 Å². The zero-order valence-electron chi connectivity index (χ0n) is 27.1. The molecule has 1 aliphatic rings. The van der Waals surface area contributed by atoms with Crippen molar-refractivity contribution in [3.8, 4) is 5.69 Å². The van der Waals surface area contributed by atoms with Gasteiger partial charge in [0.2, 0.25) is 0 Å². The predicted octanol–water partition coefficient (Wildman–Crippen LogP) is 8.14. The highest BCUT2D eigenvalue weighted by molar-refractivity contribution is 5.99. The summed E-state index contributed by atoms with van der Waals surface area (Å²) in [5, 5.41) is 10.8. The van der Waals surface area contributed by atoms with Crippen molar-refractivity contribution in [3.63, 3.8) is 0 Å². The summed E-state index contributed by atoms with van der Waals surface area (Å²) >= 11 is 0. The lowest BCUT2D eigenvalue weighted by Gasteiger charge is -2.33. The number of rotatable bonds is 6. The van der Waals surface area contributed by atoms with Crippen LogP contribution in [-0.2, 0) is 11.8 Å². The van der Waals surface area contributed by atoms with E-state index in [9.17, 15) is 9.59 Å². The topological polar surface area (TPSA) is 79.3 Å². The van der Waals surface area contributed by atoms with Gasteiger partial charge in [0.25, 0.3) is 5.91 Å². The molecule has 0 radical (unpaired) electrons. The van der Waals surface area contributed by atoms with E-state index in [1.54, 1.807) is 4.68 Å². The third-order valence-electron chi connectivity index (χ3n) is 8.53. The number of carbonyl (C=O) groups excluding carboxylic acids is 2. The van der Waals surface area contributed by atoms with E-state index in [-0.39, 0.29) is 17.4 Å². The van der Waals surface area contributed by atoms with Gasteiger partial charge in [0, 0.05) is 35.8 Å². The lowest BCUT2D eigenvalue weighted by atomic mass is 9.89. The normalized spacial score (nSPS) is 14.0. The molecule has 3 amide bonds. The van der Waals surface area contributed by atoms with Gasteiger partial charge in [-0.3, -0.25) is 10.1 Å². The molecule has 7 nitrogen and oxygen atoms in total. The van der Waals surface area contributed by atoms with Gasteiger partial charge in [-0.2, -0.15) is 5.10 Å². The van der Waals surface area contributed by atoms with Gasteiger partial charge in [-0.05, 0) is 93.8 Å². The second-order valence-corrected chi connectivity index (χ2v) is 13.4. The van der Waals surface area contributed by atoms with E-state index in [2.05, 4.69) is 62.6 Å². The molecule has 0 unspecified atom stereocenters. The van der Waals surface area contributed by atoms with Crippen LogP contribution in [0.15, 0.2) is 66.7 Å². The minimum atomic E-state index is -0.317. The van der Waals surface area contributed by atoms with Crippen molar-refractivity contribution in [2.24, 2.45) is 5.92 Å². The van der Waals surface area contributed by atoms with Gasteiger partial charge in [0.05, 0.1) is 11.4 Å². The van der Waals surface area contributed by atoms with Gasteiger partial charge >= 0.3 is 6.03 Å². The molecule has 7 heteroatoms. The first-order valence-electron chi connectivity index (χ1n) is 15.6. The van der Waals surface area contributed by atoms with Crippen LogP contribution in [0.4, 0.5) is 16.3 Å². The Bertz CT molecular complexity index is 1610. The van der Waals surface area contributed by atoms with Crippen LogP contribution in [-0.4, -0.2) is 39.7 Å². The Morgan fingerprint density at radius 2 is 1.43 bits per heavy atom. The highest BCUT2D eigenvalue weighted by Gasteiger charge is 2.26. The molecule has 3 aromatic carbocycles. The number of piperidine rings is 1. The lowest BCUT2D eigenvalue weighted by molar-refractivity contribution is 0.0689. The number of carbonyl (C=O) groups is 2. The number of urea groups is 1. The van der Waals surface area contributed by atoms with E-state index in [0.717, 1.165) is 71.7 Å². The Balaban J connectivity index is 1.17. The number of nitrogens with one attached hydrogen (secondary N) is 2. The van der Waals surface area contributed by atoms with Gasteiger partial charge < -0.3 is 10.2 Å². The van der Waals surface area contributed by atoms with Gasteiger partial charge in [0.15, 0.2) is 0 Å². The number of likely N-dealkylation sites (tertiary alicyclic amines) is 1. The van der Waals surface area contributed by atoms with Crippen LogP contribution in [0.5, 0.6) is 0 Å². The molecule has 0 saturated carbocycles. The Labute approximate surface area is 261 Å². The monoisotopic (exact) mass is 591 g/mol. The molecule has 2 N–H and O–H groups in total. The smallest absolute Gasteiger partial charge is 0.324 e. The van der Waals surface area contributed by atoms with Crippen molar-refractivity contribution in [1.29, 1.82) is 0 Å². The highest BCUT2D eigenvalue weighted by Crippen LogP contribution is 2.28. The van der Waals surface area contributed by atoms with Crippen LogP contribution >= 0.6 is 0 Å². The molecular weight excluding hydrogens is 546 g/mol. The van der Waals surface area contributed by atoms with Crippen molar-refractivity contribution in [2.75, 3.05) is 23.7 Å². The molecule has 0 aliphatic carbocycles. The van der Waals surface area contributed by atoms with E-state index >= 15 is 0 Å². The van der Waals surface area contributed by atoms with Crippen LogP contribution in [0.3, 0.4) is 0 Å². The Kier molecular flexibility index (Phi) is 8.95. The molecule has 44 heavy (non-hydrogen) atoms. The van der Waals surface area contributed by atoms with E-state index in [1.165, 1.54) is 11.1 Å². The number of anilines is 2. The minimum absolute atomic E-state index is 0.156. The first kappa shape index (κ1) is 31.0. The molecule has 1 saturated heterocycles. The van der Waals surface area contributed by atoms with Crippen molar-refractivity contribution >= 4 is 23.4 Å². The molecule has 2 heterocycles. The Morgan fingerprint density at radius 3 is 2.02 bits per heavy atom. The third-order valence-corrected chi connectivity index (χ3v) is 8.53. The number of nitrogens with zero attached hydrogens (tertiary/aromatic N) is 3. The van der Waals surface area contributed by atoms with E-state index in [1.807, 2.05) is 68.1 Å². The molecule has 1 fully saturated rings. The average Bonchev–Trinajstić information content (AvgIpc) is 3.38. The molecule has 1 aromatic heterocycles. The Morgan fingerprint density at radius 1 is 0.818 bits per heavy atom. The number of aromatic nitrogens is 2. The van der Waals surface area contributed by atoms with Crippen molar-refractivity contribution in [3.05, 3.63) is 106 Å². The van der Waals surface area contributed by atoms with Crippen LogP contribution in [0.25, 0.3) is 5.69 Å². The average molecular weight is 592 g/mol. The van der Waals surface area contributed by atoms with Crippen LogP contribution in [0.2, 0.25) is 0 Å². The summed E-state index contributed by atoms with van der Waals surface area (Å²) < 4.78 is 1.78. The number of amides is 3. The van der Waals surface area contributed by atoms with Crippen LogP contribution in [0.1, 0.15) is 77.5 Å². The molecule has 0 spiro atoms. The largest absolute Gasteiger partial charge is 0.339 e. The van der Waals surface area contributed by atoms with Gasteiger partial charge in [-0.1, -0.05) is 68.3 Å². The van der Waals surface area contributed by atoms with Crippen LogP contribution < -0.4 is 10.6 Å². The maximum absolute atomic E-state index is 13.3. The lowest BCUT2D eigenvalue weighted by Crippen LogP contribution is -2.39. The fourth-order valence-corrected chi connectivity index (χ4v) is 6.07. The second-order valence-electron chi connectivity index (χ2n) is 13.4. The van der Waals surface area contributed by atoms with Gasteiger partial charge in [0.1, 0.15) is 5.82 Å². The summed E-state index contributed by atoms with van der Waals surface area (Å²) in [4.78, 5) is 28.3. The number of aryl methyl sites for hydroxylation is 4. The summed E-state index contributed by atoms with van der Waals surface area (Å²) in [5.74, 6) is 1.30. The van der Waals surface area contributed by atoms with Gasteiger partial charge in [-0.15, -0.1) is 0 Å². The number of hydrogen-bond donors (Lipinski definition) is 2. The van der Waals surface area contributed by atoms with E-state index < -0.39 is 0 Å². The number of hydrogen-bond acceptors (Lipinski definition) is 3.